The molecule has 0 aromatic rings. The van der Waals surface area contributed by atoms with Crippen LogP contribution in [0.2, 0.25) is 0 Å². The lowest BCUT2D eigenvalue weighted by molar-refractivity contribution is -0.138. The average molecular weight is 216 g/mol. The summed E-state index contributed by atoms with van der Waals surface area (Å²) in [6.07, 6.45) is -0.0564. The second-order valence-corrected chi connectivity index (χ2v) is 4.75. The van der Waals surface area contributed by atoms with Gasteiger partial charge in [-0.3, -0.25) is 9.59 Å². The maximum absolute atomic E-state index is 11.7. The highest BCUT2D eigenvalue weighted by atomic mass is 16.4. The Morgan fingerprint density at radius 3 is 2.20 bits per heavy atom. The Morgan fingerprint density at radius 1 is 1.40 bits per heavy atom. The van der Waals surface area contributed by atoms with Gasteiger partial charge < -0.3 is 15.7 Å². The molecule has 1 unspecified atom stereocenters. The second-order valence-electron chi connectivity index (χ2n) is 4.75. The van der Waals surface area contributed by atoms with Crippen LogP contribution in [0.3, 0.4) is 0 Å². The van der Waals surface area contributed by atoms with E-state index in [0.29, 0.717) is 0 Å². The largest absolute Gasteiger partial charge is 0.481 e. The Balaban J connectivity index is 4.26. The van der Waals surface area contributed by atoms with Crippen LogP contribution >= 0.6 is 0 Å². The van der Waals surface area contributed by atoms with Gasteiger partial charge in [-0.1, -0.05) is 20.8 Å². The number of hydrogen-bond acceptors (Lipinski definition) is 3. The minimum atomic E-state index is -0.918. The fourth-order valence-electron chi connectivity index (χ4n) is 0.981. The fraction of sp³-hybridized carbons (Fsp3) is 0.800. The first-order valence-corrected chi connectivity index (χ1v) is 4.88. The maximum Gasteiger partial charge on any atom is 0.305 e. The number of nitrogens with zero attached hydrogens (tertiary/aromatic N) is 1. The van der Waals surface area contributed by atoms with Crippen LogP contribution in [0.1, 0.15) is 27.2 Å². The molecule has 0 rings (SSSR count). The van der Waals surface area contributed by atoms with Crippen LogP contribution in [0.5, 0.6) is 0 Å². The van der Waals surface area contributed by atoms with E-state index in [4.69, 9.17) is 10.8 Å². The Morgan fingerprint density at radius 2 is 1.87 bits per heavy atom. The molecule has 0 aromatic heterocycles. The van der Waals surface area contributed by atoms with Crippen molar-refractivity contribution in [3.05, 3.63) is 0 Å². The van der Waals surface area contributed by atoms with Gasteiger partial charge in [-0.2, -0.15) is 0 Å². The lowest BCUT2D eigenvalue weighted by Crippen LogP contribution is -2.49. The van der Waals surface area contributed by atoms with Crippen LogP contribution in [-0.4, -0.2) is 41.5 Å². The van der Waals surface area contributed by atoms with Crippen molar-refractivity contribution in [1.29, 1.82) is 0 Å². The van der Waals surface area contributed by atoms with Crippen molar-refractivity contribution in [2.75, 3.05) is 13.6 Å². The highest BCUT2D eigenvalue weighted by Gasteiger charge is 2.29. The minimum Gasteiger partial charge on any atom is -0.481 e. The number of carboxylic acids is 1. The maximum atomic E-state index is 11.7. The standard InChI is InChI=1S/C10H20N2O3/c1-10(2,3)8(11)9(15)12(4)6-5-7(13)14/h8H,5-6,11H2,1-4H3,(H,13,14). The summed E-state index contributed by atoms with van der Waals surface area (Å²) in [5, 5.41) is 8.47. The summed E-state index contributed by atoms with van der Waals surface area (Å²) in [5.41, 5.74) is 5.45. The molecule has 0 aromatic carbocycles. The predicted octanol–water partition coefficient (Wildman–Crippen LogP) is 0.293. The van der Waals surface area contributed by atoms with Gasteiger partial charge in [0.15, 0.2) is 0 Å². The number of hydrogen-bond donors (Lipinski definition) is 2. The number of aliphatic carboxylic acids is 1. The zero-order valence-electron chi connectivity index (χ0n) is 9.78. The normalized spacial score (nSPS) is 13.4. The van der Waals surface area contributed by atoms with E-state index in [2.05, 4.69) is 0 Å². The Labute approximate surface area is 90.2 Å². The average Bonchev–Trinajstić information content (AvgIpc) is 2.10. The van der Waals surface area contributed by atoms with Crippen LogP contribution in [0.4, 0.5) is 0 Å². The third kappa shape index (κ3) is 4.78. The molecule has 1 amide bonds. The molecule has 0 fully saturated rings. The molecule has 5 nitrogen and oxygen atoms in total. The summed E-state index contributed by atoms with van der Waals surface area (Å²) in [5.74, 6) is -1.14. The van der Waals surface area contributed by atoms with Crippen LogP contribution < -0.4 is 5.73 Å². The van der Waals surface area contributed by atoms with Crippen molar-refractivity contribution in [2.45, 2.75) is 33.2 Å². The number of rotatable bonds is 4. The molecule has 3 N–H and O–H groups in total. The minimum absolute atomic E-state index is 0.0564. The van der Waals surface area contributed by atoms with E-state index in [0.717, 1.165) is 0 Å². The van der Waals surface area contributed by atoms with Crippen molar-refractivity contribution in [3.8, 4) is 0 Å². The molecule has 0 aliphatic heterocycles. The molecule has 0 saturated carbocycles. The smallest absolute Gasteiger partial charge is 0.305 e. The van der Waals surface area contributed by atoms with Gasteiger partial charge in [0.05, 0.1) is 12.5 Å². The quantitative estimate of drug-likeness (QED) is 0.707. The molecule has 1 atom stereocenters. The van der Waals surface area contributed by atoms with E-state index in [1.165, 1.54) is 4.90 Å². The molecule has 15 heavy (non-hydrogen) atoms. The first kappa shape index (κ1) is 13.9. The third-order valence-electron chi connectivity index (χ3n) is 2.24. The van der Waals surface area contributed by atoms with Crippen molar-refractivity contribution < 1.29 is 14.7 Å². The molecule has 0 spiro atoms. The van der Waals surface area contributed by atoms with Crippen molar-refractivity contribution in [1.82, 2.24) is 4.90 Å². The first-order valence-electron chi connectivity index (χ1n) is 4.88. The summed E-state index contributed by atoms with van der Waals surface area (Å²) in [7, 11) is 1.57. The van der Waals surface area contributed by atoms with Crippen molar-refractivity contribution in [3.63, 3.8) is 0 Å². The van der Waals surface area contributed by atoms with Crippen LogP contribution in [0, 0.1) is 5.41 Å². The lowest BCUT2D eigenvalue weighted by atomic mass is 9.86. The van der Waals surface area contributed by atoms with Gasteiger partial charge >= 0.3 is 5.97 Å². The summed E-state index contributed by atoms with van der Waals surface area (Å²) in [6, 6.07) is -0.601. The fourth-order valence-corrected chi connectivity index (χ4v) is 0.981. The van der Waals surface area contributed by atoms with Gasteiger partial charge in [0.25, 0.3) is 0 Å². The highest BCUT2D eigenvalue weighted by molar-refractivity contribution is 5.82. The number of carbonyl (C=O) groups is 2. The molecule has 0 bridgehead atoms. The van der Waals surface area contributed by atoms with Crippen molar-refractivity contribution in [2.24, 2.45) is 11.1 Å². The highest BCUT2D eigenvalue weighted by Crippen LogP contribution is 2.18. The molecule has 0 saturated heterocycles. The number of carbonyl (C=O) groups excluding carboxylic acids is 1. The molecule has 5 heteroatoms. The number of nitrogens with two attached hydrogens (primary N) is 1. The SMILES string of the molecule is CN(CCC(=O)O)C(=O)C(N)C(C)(C)C. The third-order valence-corrected chi connectivity index (χ3v) is 2.24. The predicted molar refractivity (Wildman–Crippen MR) is 57.3 cm³/mol. The van der Waals surface area contributed by atoms with Gasteiger partial charge in [-0.25, -0.2) is 0 Å². The van der Waals surface area contributed by atoms with E-state index in [-0.39, 0.29) is 24.3 Å². The van der Waals surface area contributed by atoms with Gasteiger partial charge in [-0.05, 0) is 5.41 Å². The number of likely N-dealkylation sites (N-methyl/N-ethyl adjacent to an activating group) is 1. The van der Waals surface area contributed by atoms with Gasteiger partial charge in [0, 0.05) is 13.6 Å². The van der Waals surface area contributed by atoms with E-state index < -0.39 is 12.0 Å². The lowest BCUT2D eigenvalue weighted by Gasteiger charge is -2.29. The summed E-state index contributed by atoms with van der Waals surface area (Å²) in [4.78, 5) is 23.4. The molecule has 0 heterocycles. The molecule has 0 aliphatic rings. The second kappa shape index (κ2) is 5.11. The molecule has 0 radical (unpaired) electrons. The van der Waals surface area contributed by atoms with Gasteiger partial charge in [0.1, 0.15) is 0 Å². The Bertz CT molecular complexity index is 246. The van der Waals surface area contributed by atoms with Crippen LogP contribution in [0.15, 0.2) is 0 Å². The first-order chi connectivity index (χ1) is 6.66. The van der Waals surface area contributed by atoms with Crippen LogP contribution in [-0.2, 0) is 9.59 Å². The monoisotopic (exact) mass is 216 g/mol. The van der Waals surface area contributed by atoms with Crippen molar-refractivity contribution >= 4 is 11.9 Å². The zero-order valence-corrected chi connectivity index (χ0v) is 9.78. The zero-order chi connectivity index (χ0) is 12.2. The number of carboxylic acid groups (broad SMARTS) is 1. The van der Waals surface area contributed by atoms with E-state index in [1.807, 2.05) is 20.8 Å². The Kier molecular flexibility index (Phi) is 4.74. The summed E-state index contributed by atoms with van der Waals surface area (Å²) in [6.45, 7) is 5.82. The Hall–Kier alpha value is -1.10. The van der Waals surface area contributed by atoms with E-state index in [1.54, 1.807) is 7.05 Å². The summed E-state index contributed by atoms with van der Waals surface area (Å²) < 4.78 is 0. The molecular formula is C10H20N2O3. The van der Waals surface area contributed by atoms with E-state index in [9.17, 15) is 9.59 Å². The molecular weight excluding hydrogens is 196 g/mol. The number of amides is 1. The summed E-state index contributed by atoms with van der Waals surface area (Å²) >= 11 is 0. The molecule has 88 valence electrons. The topological polar surface area (TPSA) is 83.6 Å². The van der Waals surface area contributed by atoms with Crippen LogP contribution in [0.25, 0.3) is 0 Å². The molecule has 0 aliphatic carbocycles. The van der Waals surface area contributed by atoms with Gasteiger partial charge in [-0.15, -0.1) is 0 Å². The van der Waals surface area contributed by atoms with E-state index >= 15 is 0 Å². The van der Waals surface area contributed by atoms with Gasteiger partial charge in [0.2, 0.25) is 5.91 Å².